The number of carbonyl (C=O) groups is 1. The van der Waals surface area contributed by atoms with E-state index in [9.17, 15) is 4.79 Å². The molecule has 3 aromatic carbocycles. The van der Waals surface area contributed by atoms with Crippen molar-refractivity contribution >= 4 is 50.7 Å². The Morgan fingerprint density at radius 2 is 1.56 bits per heavy atom. The first-order valence-corrected chi connectivity index (χ1v) is 12.2. The first kappa shape index (κ1) is 22.8. The van der Waals surface area contributed by atoms with Crippen LogP contribution in [0.4, 0.5) is 0 Å². The molecule has 0 aliphatic rings. The van der Waals surface area contributed by atoms with Crippen LogP contribution in [0, 0.1) is 0 Å². The van der Waals surface area contributed by atoms with E-state index in [1.807, 2.05) is 66.7 Å². The summed E-state index contributed by atoms with van der Waals surface area (Å²) in [6.07, 6.45) is 1.06. The molecule has 0 radical (unpaired) electrons. The second kappa shape index (κ2) is 10.5. The molecule has 0 saturated heterocycles. The van der Waals surface area contributed by atoms with Crippen molar-refractivity contribution < 1.29 is 4.79 Å². The van der Waals surface area contributed by atoms with Gasteiger partial charge in [-0.05, 0) is 53.4 Å². The lowest BCUT2D eigenvalue weighted by molar-refractivity contribution is -0.121. The number of nitrogens with zero attached hydrogens (tertiary/aromatic N) is 1. The molecule has 32 heavy (non-hydrogen) atoms. The van der Waals surface area contributed by atoms with Crippen molar-refractivity contribution in [3.8, 4) is 0 Å². The zero-order chi connectivity index (χ0) is 22.5. The van der Waals surface area contributed by atoms with Gasteiger partial charge < -0.3 is 5.32 Å². The molecule has 164 valence electrons. The normalized spacial score (nSPS) is 13.1. The Hall–Kier alpha value is -2.40. The zero-order valence-electron chi connectivity index (χ0n) is 17.7. The summed E-state index contributed by atoms with van der Waals surface area (Å²) in [6, 6.07) is 23.8. The van der Waals surface area contributed by atoms with E-state index >= 15 is 0 Å². The van der Waals surface area contributed by atoms with E-state index in [0.29, 0.717) is 29.4 Å². The zero-order valence-corrected chi connectivity index (χ0v) is 20.1. The Morgan fingerprint density at radius 1 is 0.938 bits per heavy atom. The predicted molar refractivity (Wildman–Crippen MR) is 135 cm³/mol. The Bertz CT molecular complexity index is 1160. The minimum Gasteiger partial charge on any atom is -0.355 e. The maximum Gasteiger partial charge on any atom is 0.220 e. The Kier molecular flexibility index (Phi) is 7.46. The average molecular weight is 483 g/mol. The maximum absolute atomic E-state index is 12.7. The maximum atomic E-state index is 12.7. The monoisotopic (exact) mass is 482 g/mol. The Morgan fingerprint density at radius 3 is 2.22 bits per heavy atom. The van der Waals surface area contributed by atoms with Crippen molar-refractivity contribution in [1.82, 2.24) is 10.3 Å². The molecule has 1 amide bonds. The van der Waals surface area contributed by atoms with Crippen LogP contribution in [0.3, 0.4) is 0 Å². The van der Waals surface area contributed by atoms with Gasteiger partial charge in [0.25, 0.3) is 0 Å². The second-order valence-corrected chi connectivity index (χ2v) is 9.87. The second-order valence-electron chi connectivity index (χ2n) is 7.88. The van der Waals surface area contributed by atoms with E-state index in [2.05, 4.69) is 23.3 Å². The third kappa shape index (κ3) is 5.69. The summed E-state index contributed by atoms with van der Waals surface area (Å²) in [6.45, 7) is 2.72. The number of hydrogen-bond donors (Lipinski definition) is 1. The van der Waals surface area contributed by atoms with Crippen LogP contribution in [0.25, 0.3) is 10.2 Å². The molecular formula is C26H24Cl2N2OS. The van der Waals surface area contributed by atoms with Crippen LogP contribution in [-0.4, -0.2) is 17.4 Å². The molecule has 0 fully saturated rings. The highest BCUT2D eigenvalue weighted by molar-refractivity contribution is 7.18. The molecule has 0 aliphatic heterocycles. The highest BCUT2D eigenvalue weighted by Crippen LogP contribution is 2.33. The number of nitrogens with one attached hydrogen (secondary N) is 1. The van der Waals surface area contributed by atoms with Gasteiger partial charge in [-0.25, -0.2) is 4.98 Å². The van der Waals surface area contributed by atoms with Crippen molar-refractivity contribution in [2.75, 3.05) is 6.54 Å². The molecule has 2 atom stereocenters. The SMILES string of the molecule is CC(c1ccc(Cl)cc1)C(CNC(=O)CCc1nc2ccccc2s1)c1ccc(Cl)cc1. The summed E-state index contributed by atoms with van der Waals surface area (Å²) in [4.78, 5) is 17.3. The van der Waals surface area contributed by atoms with Crippen LogP contribution in [0.1, 0.15) is 41.3 Å². The van der Waals surface area contributed by atoms with Gasteiger partial charge in [0.2, 0.25) is 5.91 Å². The van der Waals surface area contributed by atoms with Crippen molar-refractivity contribution in [1.29, 1.82) is 0 Å². The number of amides is 1. The van der Waals surface area contributed by atoms with Crippen LogP contribution >= 0.6 is 34.5 Å². The van der Waals surface area contributed by atoms with E-state index in [-0.39, 0.29) is 17.7 Å². The van der Waals surface area contributed by atoms with Crippen LogP contribution in [0.5, 0.6) is 0 Å². The van der Waals surface area contributed by atoms with Gasteiger partial charge in [-0.3, -0.25) is 4.79 Å². The molecule has 3 nitrogen and oxygen atoms in total. The van der Waals surface area contributed by atoms with Gasteiger partial charge in [-0.1, -0.05) is 66.5 Å². The highest BCUT2D eigenvalue weighted by Gasteiger charge is 2.22. The third-order valence-electron chi connectivity index (χ3n) is 5.72. The van der Waals surface area contributed by atoms with Gasteiger partial charge in [-0.15, -0.1) is 11.3 Å². The number of halogens is 2. The molecule has 0 bridgehead atoms. The summed E-state index contributed by atoms with van der Waals surface area (Å²) in [5, 5.41) is 5.55. The lowest BCUT2D eigenvalue weighted by Crippen LogP contribution is -2.30. The molecule has 2 unspecified atom stereocenters. The number of carbonyl (C=O) groups excluding carboxylic acids is 1. The molecule has 0 aliphatic carbocycles. The molecule has 0 spiro atoms. The molecular weight excluding hydrogens is 459 g/mol. The first-order valence-electron chi connectivity index (χ1n) is 10.6. The van der Waals surface area contributed by atoms with Crippen molar-refractivity contribution in [2.45, 2.75) is 31.6 Å². The van der Waals surface area contributed by atoms with Gasteiger partial charge in [0, 0.05) is 35.3 Å². The van der Waals surface area contributed by atoms with Gasteiger partial charge in [0.1, 0.15) is 0 Å². The van der Waals surface area contributed by atoms with Crippen LogP contribution in [0.15, 0.2) is 72.8 Å². The van der Waals surface area contributed by atoms with Gasteiger partial charge in [0.05, 0.1) is 15.2 Å². The minimum atomic E-state index is 0.0338. The van der Waals surface area contributed by atoms with Gasteiger partial charge in [-0.2, -0.15) is 0 Å². The molecule has 6 heteroatoms. The average Bonchev–Trinajstić information content (AvgIpc) is 3.22. The number of thiazole rings is 1. The number of fused-ring (bicyclic) bond motifs is 1. The fourth-order valence-corrected chi connectivity index (χ4v) is 5.07. The summed E-state index contributed by atoms with van der Waals surface area (Å²) in [7, 11) is 0. The Labute approximate surface area is 202 Å². The number of aryl methyl sites for hydroxylation is 1. The van der Waals surface area contributed by atoms with E-state index < -0.39 is 0 Å². The molecule has 1 aromatic heterocycles. The van der Waals surface area contributed by atoms with Gasteiger partial charge in [0.15, 0.2) is 0 Å². The molecule has 4 rings (SSSR count). The van der Waals surface area contributed by atoms with Crippen molar-refractivity contribution in [3.63, 3.8) is 0 Å². The third-order valence-corrected chi connectivity index (χ3v) is 7.32. The number of hydrogen-bond acceptors (Lipinski definition) is 3. The topological polar surface area (TPSA) is 42.0 Å². The van der Waals surface area contributed by atoms with E-state index in [0.717, 1.165) is 20.8 Å². The number of para-hydroxylation sites is 1. The fourth-order valence-electron chi connectivity index (χ4n) is 3.85. The number of aromatic nitrogens is 1. The van der Waals surface area contributed by atoms with Gasteiger partial charge >= 0.3 is 0 Å². The largest absolute Gasteiger partial charge is 0.355 e. The molecule has 1 heterocycles. The summed E-state index contributed by atoms with van der Waals surface area (Å²) >= 11 is 13.8. The van der Waals surface area contributed by atoms with Crippen LogP contribution < -0.4 is 5.32 Å². The predicted octanol–water partition coefficient (Wildman–Crippen LogP) is 7.24. The quantitative estimate of drug-likeness (QED) is 0.287. The summed E-state index contributed by atoms with van der Waals surface area (Å²) in [5.41, 5.74) is 3.31. The van der Waals surface area contributed by atoms with Crippen molar-refractivity contribution in [3.05, 3.63) is 99.0 Å². The minimum absolute atomic E-state index is 0.0338. The van der Waals surface area contributed by atoms with E-state index in [1.54, 1.807) is 11.3 Å². The first-order chi connectivity index (χ1) is 15.5. The number of benzene rings is 3. The molecule has 1 N–H and O–H groups in total. The smallest absolute Gasteiger partial charge is 0.220 e. The lowest BCUT2D eigenvalue weighted by Gasteiger charge is -2.25. The number of rotatable bonds is 8. The summed E-state index contributed by atoms with van der Waals surface area (Å²) < 4.78 is 1.16. The fraction of sp³-hybridized carbons (Fsp3) is 0.231. The van der Waals surface area contributed by atoms with Crippen LogP contribution in [0.2, 0.25) is 10.0 Å². The standard InChI is InChI=1S/C26H24Cl2N2OS/c1-17(18-6-10-20(27)11-7-18)22(19-8-12-21(28)13-9-19)16-29-25(31)14-15-26-30-23-4-2-3-5-24(23)32-26/h2-13,17,22H,14-16H2,1H3,(H,29,31). The summed E-state index contributed by atoms with van der Waals surface area (Å²) in [5.74, 6) is 0.337. The highest BCUT2D eigenvalue weighted by atomic mass is 35.5. The van der Waals surface area contributed by atoms with E-state index in [1.165, 1.54) is 5.56 Å². The van der Waals surface area contributed by atoms with Crippen LogP contribution in [-0.2, 0) is 11.2 Å². The van der Waals surface area contributed by atoms with Crippen molar-refractivity contribution in [2.24, 2.45) is 0 Å². The molecule has 0 saturated carbocycles. The lowest BCUT2D eigenvalue weighted by atomic mass is 9.82. The van der Waals surface area contributed by atoms with E-state index in [4.69, 9.17) is 23.2 Å². The Balaban J connectivity index is 1.42. The molecule has 4 aromatic rings.